The second-order valence-electron chi connectivity index (χ2n) is 3.26. The molecule has 0 heterocycles. The fraction of sp³-hybridized carbons (Fsp3) is 1.00. The van der Waals surface area contributed by atoms with Crippen molar-refractivity contribution in [2.75, 3.05) is 26.6 Å². The zero-order valence-electron chi connectivity index (χ0n) is 8.85. The van der Waals surface area contributed by atoms with Crippen molar-refractivity contribution in [3.8, 4) is 0 Å². The summed E-state index contributed by atoms with van der Waals surface area (Å²) in [5.74, 6) is 0. The number of aliphatic hydroxyl groups excluding tert-OH is 1. The Morgan fingerprint density at radius 3 is 2.14 bits per heavy atom. The van der Waals surface area contributed by atoms with Crippen LogP contribution >= 0.6 is 0 Å². The molecule has 2 nitrogen and oxygen atoms in total. The van der Waals surface area contributed by atoms with E-state index < -0.39 is 13.4 Å². The normalized spacial score (nSPS) is 11.6. The summed E-state index contributed by atoms with van der Waals surface area (Å²) in [6.07, 6.45) is 1.37. The predicted molar refractivity (Wildman–Crippen MR) is 47.5 cm³/mol. The van der Waals surface area contributed by atoms with Gasteiger partial charge in [-0.3, -0.25) is 0 Å². The van der Waals surface area contributed by atoms with Gasteiger partial charge in [-0.2, -0.15) is 0 Å². The third kappa shape index (κ3) is 13.4. The van der Waals surface area contributed by atoms with Crippen LogP contribution in [-0.2, 0) is 0 Å². The Hall–Kier alpha value is 1.41. The number of halogens is 3. The molecule has 0 saturated heterocycles. The molecule has 80 valence electrons. The maximum atomic E-state index is 11.9. The van der Waals surface area contributed by atoms with Crippen LogP contribution in [0.4, 0.5) is 12.9 Å². The summed E-state index contributed by atoms with van der Waals surface area (Å²) < 4.78 is 35.6. The largest absolute Gasteiger partial charge is 1.00 e. The van der Waals surface area contributed by atoms with Crippen molar-refractivity contribution in [1.29, 1.82) is 0 Å². The molecule has 0 spiro atoms. The van der Waals surface area contributed by atoms with E-state index in [0.29, 0.717) is 19.4 Å². The van der Waals surface area contributed by atoms with E-state index in [1.165, 1.54) is 11.9 Å². The van der Waals surface area contributed by atoms with Gasteiger partial charge in [-0.1, -0.05) is 0 Å². The van der Waals surface area contributed by atoms with Crippen molar-refractivity contribution in [2.24, 2.45) is 0 Å². The third-order valence-electron chi connectivity index (χ3n) is 1.72. The molecule has 7 heteroatoms. The Morgan fingerprint density at radius 2 is 1.71 bits per heavy atom. The second-order valence-corrected chi connectivity index (χ2v) is 3.26. The molecule has 0 amide bonds. The summed E-state index contributed by atoms with van der Waals surface area (Å²) in [5.41, 5.74) is 0. The molecular formula is C7H16BF3KNO. The van der Waals surface area contributed by atoms with Crippen molar-refractivity contribution in [2.45, 2.75) is 19.3 Å². The molecule has 0 aromatic carbocycles. The Balaban J connectivity index is 0. The van der Waals surface area contributed by atoms with Crippen LogP contribution < -0.4 is 51.4 Å². The molecule has 0 aliphatic heterocycles. The van der Waals surface area contributed by atoms with E-state index in [2.05, 4.69) is 0 Å². The Bertz CT molecular complexity index is 137. The summed E-state index contributed by atoms with van der Waals surface area (Å²) in [6, 6.07) is 0. The topological polar surface area (TPSA) is 23.5 Å². The number of hydrogen-bond acceptors (Lipinski definition) is 2. The van der Waals surface area contributed by atoms with E-state index in [4.69, 9.17) is 5.11 Å². The van der Waals surface area contributed by atoms with Gasteiger partial charge in [0.1, 0.15) is 0 Å². The SMILES string of the molecule is CN(CCCCCO)C[B-](F)(F)F.[K+]. The molecule has 0 fully saturated rings. The van der Waals surface area contributed by atoms with Crippen LogP contribution in [0.1, 0.15) is 19.3 Å². The van der Waals surface area contributed by atoms with Crippen LogP contribution in [0.15, 0.2) is 0 Å². The van der Waals surface area contributed by atoms with Gasteiger partial charge in [0.15, 0.2) is 0 Å². The summed E-state index contributed by atoms with van der Waals surface area (Å²) in [5, 5.41) is 8.43. The molecule has 0 radical (unpaired) electrons. The minimum Gasteiger partial charge on any atom is -0.448 e. The maximum absolute atomic E-state index is 11.9. The number of rotatable bonds is 7. The van der Waals surface area contributed by atoms with Gasteiger partial charge in [0.05, 0.1) is 0 Å². The zero-order valence-corrected chi connectivity index (χ0v) is 12.0. The Kier molecular flexibility index (Phi) is 12.2. The second kappa shape index (κ2) is 9.62. The molecule has 14 heavy (non-hydrogen) atoms. The van der Waals surface area contributed by atoms with Crippen LogP contribution in [0.2, 0.25) is 0 Å². The minimum absolute atomic E-state index is 0. The van der Waals surface area contributed by atoms with Crippen LogP contribution in [0, 0.1) is 0 Å². The maximum Gasteiger partial charge on any atom is 1.00 e. The van der Waals surface area contributed by atoms with E-state index in [-0.39, 0.29) is 58.0 Å². The van der Waals surface area contributed by atoms with Crippen LogP contribution in [0.3, 0.4) is 0 Å². The summed E-state index contributed by atoms with van der Waals surface area (Å²) >= 11 is 0. The average Bonchev–Trinajstić information content (AvgIpc) is 1.94. The quantitative estimate of drug-likeness (QED) is 0.429. The van der Waals surface area contributed by atoms with Crippen molar-refractivity contribution in [3.63, 3.8) is 0 Å². The first-order chi connectivity index (χ1) is 5.95. The van der Waals surface area contributed by atoms with E-state index in [0.717, 1.165) is 6.42 Å². The molecule has 0 aromatic rings. The molecule has 0 aliphatic carbocycles. The van der Waals surface area contributed by atoms with E-state index >= 15 is 0 Å². The summed E-state index contributed by atoms with van der Waals surface area (Å²) in [7, 11) is 1.47. The molecule has 1 N–H and O–H groups in total. The zero-order chi connectivity index (χ0) is 10.3. The molecule has 0 saturated carbocycles. The summed E-state index contributed by atoms with van der Waals surface area (Å²) in [6.45, 7) is -4.13. The number of nitrogens with zero attached hydrogens (tertiary/aromatic N) is 1. The van der Waals surface area contributed by atoms with Crippen molar-refractivity contribution in [3.05, 3.63) is 0 Å². The first-order valence-electron chi connectivity index (χ1n) is 4.46. The molecule has 0 rings (SSSR count). The number of unbranched alkanes of at least 4 members (excludes halogenated alkanes) is 2. The van der Waals surface area contributed by atoms with Crippen LogP contribution in [0.25, 0.3) is 0 Å². The first kappa shape index (κ1) is 17.8. The first-order valence-corrected chi connectivity index (χ1v) is 4.46. The van der Waals surface area contributed by atoms with Gasteiger partial charge in [-0.05, 0) is 39.3 Å². The molecule has 0 atom stereocenters. The van der Waals surface area contributed by atoms with Crippen molar-refractivity contribution >= 4 is 6.98 Å². The fourth-order valence-corrected chi connectivity index (χ4v) is 1.11. The fourth-order valence-electron chi connectivity index (χ4n) is 1.11. The monoisotopic (exact) mass is 237 g/mol. The third-order valence-corrected chi connectivity index (χ3v) is 1.72. The minimum atomic E-state index is -4.69. The van der Waals surface area contributed by atoms with Crippen molar-refractivity contribution in [1.82, 2.24) is 4.90 Å². The predicted octanol–water partition coefficient (Wildman–Crippen LogP) is -1.53. The van der Waals surface area contributed by atoms with Gasteiger partial charge in [0, 0.05) is 6.61 Å². The van der Waals surface area contributed by atoms with Gasteiger partial charge in [0.25, 0.3) is 0 Å². The van der Waals surface area contributed by atoms with Crippen LogP contribution in [-0.4, -0.2) is 43.6 Å². The van der Waals surface area contributed by atoms with Gasteiger partial charge in [-0.15, -0.1) is 0 Å². The van der Waals surface area contributed by atoms with Gasteiger partial charge >= 0.3 is 58.4 Å². The molecule has 0 aliphatic rings. The molecule has 0 aromatic heterocycles. The van der Waals surface area contributed by atoms with Gasteiger partial charge in [0.2, 0.25) is 0 Å². The Morgan fingerprint density at radius 1 is 1.14 bits per heavy atom. The average molecular weight is 237 g/mol. The van der Waals surface area contributed by atoms with Gasteiger partial charge < -0.3 is 23.0 Å². The smallest absolute Gasteiger partial charge is 0.448 e. The molecule has 0 bridgehead atoms. The van der Waals surface area contributed by atoms with E-state index in [1.54, 1.807) is 0 Å². The number of aliphatic hydroxyl groups is 1. The van der Waals surface area contributed by atoms with Crippen LogP contribution in [0.5, 0.6) is 0 Å². The van der Waals surface area contributed by atoms with Crippen molar-refractivity contribution < 1.29 is 69.4 Å². The molecular weight excluding hydrogens is 221 g/mol. The Labute approximate surface area is 126 Å². The van der Waals surface area contributed by atoms with E-state index in [9.17, 15) is 12.9 Å². The van der Waals surface area contributed by atoms with Gasteiger partial charge in [-0.25, -0.2) is 0 Å². The standard InChI is InChI=1S/C7H16BF3NO.K/c1-12(7-8(9,10)11)5-3-2-4-6-13;/h13H,2-7H2,1H3;/q-1;+1. The number of hydrogen-bond donors (Lipinski definition) is 1. The van der Waals surface area contributed by atoms with E-state index in [1.807, 2.05) is 0 Å². The molecule has 0 unspecified atom stereocenters. The summed E-state index contributed by atoms with van der Waals surface area (Å²) in [4.78, 5) is 1.28.